The third kappa shape index (κ3) is 3.29. The summed E-state index contributed by atoms with van der Waals surface area (Å²) in [5, 5.41) is 4.50. The number of thiazole rings is 1. The average Bonchev–Trinajstić information content (AvgIpc) is 2.78. The summed E-state index contributed by atoms with van der Waals surface area (Å²) < 4.78 is 5.85. The number of hydrogen-bond acceptors (Lipinski definition) is 5. The van der Waals surface area contributed by atoms with Gasteiger partial charge in [0.25, 0.3) is 0 Å². The highest BCUT2D eigenvalue weighted by Crippen LogP contribution is 2.28. The second-order valence-corrected chi connectivity index (χ2v) is 5.71. The van der Waals surface area contributed by atoms with E-state index in [0.717, 1.165) is 50.0 Å². The van der Waals surface area contributed by atoms with Crippen molar-refractivity contribution in [2.45, 2.75) is 33.4 Å². The molecule has 0 radical (unpaired) electrons. The predicted molar refractivity (Wildman–Crippen MR) is 75.0 cm³/mol. The molecule has 0 aromatic carbocycles. The normalized spacial score (nSPS) is 21.4. The Morgan fingerprint density at radius 3 is 3.06 bits per heavy atom. The van der Waals surface area contributed by atoms with Crippen LogP contribution in [0, 0.1) is 6.92 Å². The van der Waals surface area contributed by atoms with Gasteiger partial charge in [-0.05, 0) is 20.0 Å². The van der Waals surface area contributed by atoms with Crippen LogP contribution in [0.3, 0.4) is 0 Å². The molecule has 1 N–H and O–H groups in total. The molecule has 0 amide bonds. The van der Waals surface area contributed by atoms with Crippen LogP contribution in [0.25, 0.3) is 0 Å². The summed E-state index contributed by atoms with van der Waals surface area (Å²) in [5.41, 5.74) is 1.15. The van der Waals surface area contributed by atoms with Crippen LogP contribution >= 0.6 is 11.3 Å². The second-order valence-electron chi connectivity index (χ2n) is 4.59. The van der Waals surface area contributed by atoms with Gasteiger partial charge in [0.05, 0.1) is 12.3 Å². The Bertz CT molecular complexity index is 380. The molecule has 0 bridgehead atoms. The summed E-state index contributed by atoms with van der Waals surface area (Å²) in [4.78, 5) is 8.45. The topological polar surface area (TPSA) is 37.4 Å². The van der Waals surface area contributed by atoms with Crippen LogP contribution in [0.1, 0.15) is 35.5 Å². The molecule has 102 valence electrons. The lowest BCUT2D eigenvalue weighted by Gasteiger charge is -2.30. The number of aromatic nitrogens is 1. The van der Waals surface area contributed by atoms with Crippen molar-refractivity contribution >= 4 is 11.3 Å². The molecular weight excluding hydrogens is 246 g/mol. The van der Waals surface area contributed by atoms with Crippen LogP contribution in [-0.2, 0) is 11.3 Å². The van der Waals surface area contributed by atoms with Crippen LogP contribution in [0.2, 0.25) is 0 Å². The minimum absolute atomic E-state index is 0.165. The number of likely N-dealkylation sites (N-methyl/N-ethyl adjacent to an activating group) is 1. The minimum atomic E-state index is 0.165. The molecule has 0 saturated carbocycles. The lowest BCUT2D eigenvalue weighted by molar-refractivity contribution is -0.0282. The Morgan fingerprint density at radius 1 is 1.50 bits per heavy atom. The van der Waals surface area contributed by atoms with Gasteiger partial charge in [-0.2, -0.15) is 0 Å². The smallest absolute Gasteiger partial charge is 0.123 e. The molecule has 1 aliphatic rings. The van der Waals surface area contributed by atoms with Crippen LogP contribution in [0.15, 0.2) is 0 Å². The van der Waals surface area contributed by atoms with Crippen molar-refractivity contribution in [1.29, 1.82) is 0 Å². The summed E-state index contributed by atoms with van der Waals surface area (Å²) in [6.45, 7) is 12.3. The molecule has 18 heavy (non-hydrogen) atoms. The molecule has 4 nitrogen and oxygen atoms in total. The fourth-order valence-electron chi connectivity index (χ4n) is 2.13. The van der Waals surface area contributed by atoms with Crippen molar-refractivity contribution < 1.29 is 4.74 Å². The van der Waals surface area contributed by atoms with Gasteiger partial charge < -0.3 is 10.1 Å². The van der Waals surface area contributed by atoms with E-state index in [1.807, 2.05) is 0 Å². The molecule has 1 saturated heterocycles. The Morgan fingerprint density at radius 2 is 2.33 bits per heavy atom. The van der Waals surface area contributed by atoms with E-state index in [4.69, 9.17) is 4.74 Å². The maximum atomic E-state index is 5.85. The molecule has 1 fully saturated rings. The van der Waals surface area contributed by atoms with Gasteiger partial charge in [0.2, 0.25) is 0 Å². The van der Waals surface area contributed by atoms with Crippen LogP contribution < -0.4 is 5.32 Å². The number of nitrogens with one attached hydrogen (secondary N) is 1. The third-order valence-corrected chi connectivity index (χ3v) is 4.57. The number of rotatable bonds is 5. The van der Waals surface area contributed by atoms with Crippen molar-refractivity contribution in [1.82, 2.24) is 15.2 Å². The van der Waals surface area contributed by atoms with E-state index in [1.54, 1.807) is 11.3 Å². The van der Waals surface area contributed by atoms with Crippen molar-refractivity contribution in [3.8, 4) is 0 Å². The van der Waals surface area contributed by atoms with Gasteiger partial charge in [-0.25, -0.2) is 4.98 Å². The third-order valence-electron chi connectivity index (χ3n) is 3.32. The van der Waals surface area contributed by atoms with Crippen molar-refractivity contribution in [3.63, 3.8) is 0 Å². The van der Waals surface area contributed by atoms with E-state index in [0.29, 0.717) is 0 Å². The van der Waals surface area contributed by atoms with Crippen LogP contribution in [-0.4, -0.2) is 42.7 Å². The monoisotopic (exact) mass is 269 g/mol. The predicted octanol–water partition coefficient (Wildman–Crippen LogP) is 1.95. The number of hydrogen-bond donors (Lipinski definition) is 1. The number of ether oxygens (including phenoxy) is 1. The van der Waals surface area contributed by atoms with Crippen molar-refractivity contribution in [3.05, 3.63) is 15.6 Å². The van der Waals surface area contributed by atoms with Gasteiger partial charge in [0.1, 0.15) is 11.1 Å². The highest BCUT2D eigenvalue weighted by atomic mass is 32.1. The first-order chi connectivity index (χ1) is 8.74. The highest BCUT2D eigenvalue weighted by Gasteiger charge is 2.24. The highest BCUT2D eigenvalue weighted by molar-refractivity contribution is 7.11. The zero-order valence-electron chi connectivity index (χ0n) is 11.5. The molecule has 1 aliphatic heterocycles. The van der Waals surface area contributed by atoms with E-state index in [9.17, 15) is 0 Å². The Labute approximate surface area is 113 Å². The molecule has 2 rings (SSSR count). The molecule has 1 aromatic rings. The molecule has 2 heterocycles. The first-order valence-corrected chi connectivity index (χ1v) is 7.57. The van der Waals surface area contributed by atoms with E-state index in [2.05, 4.69) is 36.0 Å². The molecule has 0 spiro atoms. The molecular formula is C13H23N3OS. The Hall–Kier alpha value is -0.490. The van der Waals surface area contributed by atoms with Gasteiger partial charge in [-0.3, -0.25) is 4.90 Å². The number of aryl methyl sites for hydroxylation is 1. The quantitative estimate of drug-likeness (QED) is 0.886. The maximum Gasteiger partial charge on any atom is 0.123 e. The number of morpholine rings is 1. The standard InChI is InChI=1S/C13H23N3OS/c1-4-14-8-12-10(3)15-13(18-12)11-9-16(5-2)6-7-17-11/h11,14H,4-9H2,1-3H3. The summed E-state index contributed by atoms with van der Waals surface area (Å²) in [5.74, 6) is 0. The lowest BCUT2D eigenvalue weighted by atomic mass is 10.3. The van der Waals surface area contributed by atoms with Crippen LogP contribution in [0.4, 0.5) is 0 Å². The summed E-state index contributed by atoms with van der Waals surface area (Å²) in [6.07, 6.45) is 0.165. The average molecular weight is 269 g/mol. The van der Waals surface area contributed by atoms with Crippen molar-refractivity contribution in [2.24, 2.45) is 0 Å². The zero-order chi connectivity index (χ0) is 13.0. The second kappa shape index (κ2) is 6.61. The van der Waals surface area contributed by atoms with Crippen LogP contribution in [0.5, 0.6) is 0 Å². The van der Waals surface area contributed by atoms with E-state index in [1.165, 1.54) is 4.88 Å². The van der Waals surface area contributed by atoms with Gasteiger partial charge in [0.15, 0.2) is 0 Å². The number of nitrogens with zero attached hydrogens (tertiary/aromatic N) is 2. The largest absolute Gasteiger partial charge is 0.368 e. The molecule has 1 aromatic heterocycles. The van der Waals surface area contributed by atoms with Crippen molar-refractivity contribution in [2.75, 3.05) is 32.8 Å². The fraction of sp³-hybridized carbons (Fsp3) is 0.769. The lowest BCUT2D eigenvalue weighted by Crippen LogP contribution is -2.38. The molecule has 1 unspecified atom stereocenters. The SMILES string of the molecule is CCNCc1sc(C2CN(CC)CCO2)nc1C. The first-order valence-electron chi connectivity index (χ1n) is 6.75. The van der Waals surface area contributed by atoms with Gasteiger partial charge in [-0.15, -0.1) is 11.3 Å². The summed E-state index contributed by atoms with van der Waals surface area (Å²) in [7, 11) is 0. The van der Waals surface area contributed by atoms with Gasteiger partial charge >= 0.3 is 0 Å². The van der Waals surface area contributed by atoms with E-state index in [-0.39, 0.29) is 6.10 Å². The van der Waals surface area contributed by atoms with Gasteiger partial charge in [0, 0.05) is 24.5 Å². The molecule has 5 heteroatoms. The van der Waals surface area contributed by atoms with E-state index >= 15 is 0 Å². The molecule has 0 aliphatic carbocycles. The summed E-state index contributed by atoms with van der Waals surface area (Å²) in [6, 6.07) is 0. The fourth-order valence-corrected chi connectivity index (χ4v) is 3.21. The van der Waals surface area contributed by atoms with Gasteiger partial charge in [-0.1, -0.05) is 13.8 Å². The van der Waals surface area contributed by atoms with E-state index < -0.39 is 0 Å². The first kappa shape index (κ1) is 13.9. The minimum Gasteiger partial charge on any atom is -0.368 e. The maximum absolute atomic E-state index is 5.85. The molecule has 1 atom stereocenters. The zero-order valence-corrected chi connectivity index (χ0v) is 12.3. The Balaban J connectivity index is 2.03. The Kier molecular flexibility index (Phi) is 5.12. The summed E-state index contributed by atoms with van der Waals surface area (Å²) >= 11 is 1.79.